The lowest BCUT2D eigenvalue weighted by Gasteiger charge is -2.30. The van der Waals surface area contributed by atoms with E-state index in [1.165, 1.54) is 21.3 Å². The molecule has 0 bridgehead atoms. The summed E-state index contributed by atoms with van der Waals surface area (Å²) in [5, 5.41) is 6.85. The molecule has 1 unspecified atom stereocenters. The minimum absolute atomic E-state index is 0.0492. The first-order valence-corrected chi connectivity index (χ1v) is 11.1. The Morgan fingerprint density at radius 1 is 1.17 bits per heavy atom. The largest absolute Gasteiger partial charge is 0.493 e. The number of piperidine rings is 1. The Balaban J connectivity index is 1.84. The lowest BCUT2D eigenvalue weighted by molar-refractivity contribution is -0.130. The third-order valence-corrected chi connectivity index (χ3v) is 6.23. The molecule has 3 rings (SSSR count). The number of sulfone groups is 1. The number of ether oxygens (including phenoxy) is 3. The number of likely N-dealkylation sites (tertiary alicyclic amines) is 1. The SMILES string of the molecule is COc1cc(-c2nnc(S(=O)(=O)CC(=O)N3CCCC(C)C3)o2)cc(OC)c1OC. The van der Waals surface area contributed by atoms with Gasteiger partial charge >= 0.3 is 5.22 Å². The van der Waals surface area contributed by atoms with Gasteiger partial charge in [-0.2, -0.15) is 0 Å². The van der Waals surface area contributed by atoms with Crippen LogP contribution in [-0.4, -0.2) is 69.6 Å². The fraction of sp³-hybridized carbons (Fsp3) is 0.526. The molecule has 0 spiro atoms. The molecule has 1 amide bonds. The molecule has 2 aromatic rings. The van der Waals surface area contributed by atoms with Crippen molar-refractivity contribution < 1.29 is 31.8 Å². The van der Waals surface area contributed by atoms with Crippen molar-refractivity contribution in [3.63, 3.8) is 0 Å². The molecule has 1 atom stereocenters. The van der Waals surface area contributed by atoms with Gasteiger partial charge in [0.25, 0.3) is 0 Å². The molecule has 2 heterocycles. The van der Waals surface area contributed by atoms with Gasteiger partial charge < -0.3 is 23.5 Å². The van der Waals surface area contributed by atoms with Crippen LogP contribution in [0.2, 0.25) is 0 Å². The van der Waals surface area contributed by atoms with Gasteiger partial charge in [0.1, 0.15) is 5.75 Å². The normalized spacial score (nSPS) is 16.9. The predicted molar refractivity (Wildman–Crippen MR) is 106 cm³/mol. The highest BCUT2D eigenvalue weighted by Gasteiger charge is 2.30. The summed E-state index contributed by atoms with van der Waals surface area (Å²) < 4.78 is 46.5. The Morgan fingerprint density at radius 2 is 1.83 bits per heavy atom. The molecule has 0 N–H and O–H groups in total. The van der Waals surface area contributed by atoms with Gasteiger partial charge in [0.05, 0.1) is 21.3 Å². The second kappa shape index (κ2) is 8.90. The van der Waals surface area contributed by atoms with E-state index >= 15 is 0 Å². The molecule has 30 heavy (non-hydrogen) atoms. The Kier molecular flexibility index (Phi) is 6.49. The summed E-state index contributed by atoms with van der Waals surface area (Å²) in [6.45, 7) is 3.14. The van der Waals surface area contributed by atoms with Gasteiger partial charge in [0, 0.05) is 18.7 Å². The van der Waals surface area contributed by atoms with E-state index in [4.69, 9.17) is 18.6 Å². The molecule has 11 heteroatoms. The van der Waals surface area contributed by atoms with E-state index in [1.807, 2.05) is 6.92 Å². The smallest absolute Gasteiger partial charge is 0.336 e. The van der Waals surface area contributed by atoms with Crippen LogP contribution in [0.5, 0.6) is 17.2 Å². The average molecular weight is 439 g/mol. The molecule has 1 aliphatic rings. The zero-order valence-electron chi connectivity index (χ0n) is 17.4. The minimum atomic E-state index is -4.08. The summed E-state index contributed by atoms with van der Waals surface area (Å²) in [5.41, 5.74) is 0.384. The molecule has 0 aliphatic carbocycles. The van der Waals surface area contributed by atoms with Crippen molar-refractivity contribution in [1.29, 1.82) is 0 Å². The topological polar surface area (TPSA) is 121 Å². The first-order valence-electron chi connectivity index (χ1n) is 9.43. The van der Waals surface area contributed by atoms with Crippen LogP contribution in [0.1, 0.15) is 19.8 Å². The molecule has 0 radical (unpaired) electrons. The van der Waals surface area contributed by atoms with Crippen molar-refractivity contribution in [2.45, 2.75) is 25.0 Å². The van der Waals surface area contributed by atoms with Crippen molar-refractivity contribution in [2.24, 2.45) is 5.92 Å². The van der Waals surface area contributed by atoms with Gasteiger partial charge in [-0.05, 0) is 30.9 Å². The van der Waals surface area contributed by atoms with Crippen LogP contribution >= 0.6 is 0 Å². The Hall–Kier alpha value is -2.82. The van der Waals surface area contributed by atoms with Gasteiger partial charge in [-0.3, -0.25) is 4.79 Å². The van der Waals surface area contributed by atoms with Gasteiger partial charge in [0.15, 0.2) is 11.5 Å². The number of carbonyl (C=O) groups excluding carboxylic acids is 1. The number of amides is 1. The summed E-state index contributed by atoms with van der Waals surface area (Å²) in [6.07, 6.45) is 1.89. The fourth-order valence-corrected chi connectivity index (χ4v) is 4.39. The Bertz CT molecular complexity index is 994. The zero-order chi connectivity index (χ0) is 21.9. The number of hydrogen-bond acceptors (Lipinski definition) is 9. The predicted octanol–water partition coefficient (Wildman–Crippen LogP) is 1.79. The number of aromatic nitrogens is 2. The molecule has 1 aromatic heterocycles. The third-order valence-electron chi connectivity index (χ3n) is 4.91. The van der Waals surface area contributed by atoms with Gasteiger partial charge in [-0.1, -0.05) is 12.0 Å². The summed E-state index contributed by atoms with van der Waals surface area (Å²) >= 11 is 0. The second-order valence-electron chi connectivity index (χ2n) is 7.13. The quantitative estimate of drug-likeness (QED) is 0.635. The lowest BCUT2D eigenvalue weighted by atomic mass is 10.0. The van der Waals surface area contributed by atoms with Crippen molar-refractivity contribution in [2.75, 3.05) is 40.2 Å². The van der Waals surface area contributed by atoms with Gasteiger partial charge in [0.2, 0.25) is 27.4 Å². The average Bonchev–Trinajstić information content (AvgIpc) is 3.23. The van der Waals surface area contributed by atoms with Crippen molar-refractivity contribution in [1.82, 2.24) is 15.1 Å². The second-order valence-corrected chi connectivity index (χ2v) is 9.00. The maximum Gasteiger partial charge on any atom is 0.336 e. The summed E-state index contributed by atoms with van der Waals surface area (Å²) in [6, 6.07) is 3.12. The molecule has 0 saturated carbocycles. The van der Waals surface area contributed by atoms with E-state index in [0.717, 1.165) is 12.8 Å². The van der Waals surface area contributed by atoms with Gasteiger partial charge in [-0.15, -0.1) is 5.10 Å². The number of carbonyl (C=O) groups is 1. The standard InChI is InChI=1S/C19H25N3O7S/c1-12-6-5-7-22(10-12)16(23)11-30(24,25)19-21-20-18(29-19)13-8-14(26-2)17(28-4)15(9-13)27-3/h8-9,12H,5-7,10-11H2,1-4H3. The van der Waals surface area contributed by atoms with E-state index in [-0.39, 0.29) is 5.89 Å². The first-order chi connectivity index (χ1) is 14.3. The summed E-state index contributed by atoms with van der Waals surface area (Å²) in [7, 11) is 0.306. The molecule has 164 valence electrons. The van der Waals surface area contributed by atoms with Crippen LogP contribution in [0.25, 0.3) is 11.5 Å². The van der Waals surface area contributed by atoms with Crippen LogP contribution in [0.4, 0.5) is 0 Å². The van der Waals surface area contributed by atoms with Crippen LogP contribution in [0.3, 0.4) is 0 Å². The fourth-order valence-electron chi connectivity index (χ4n) is 3.39. The number of nitrogens with zero attached hydrogens (tertiary/aromatic N) is 3. The maximum absolute atomic E-state index is 12.6. The lowest BCUT2D eigenvalue weighted by Crippen LogP contribution is -2.42. The molecule has 1 aliphatic heterocycles. The highest BCUT2D eigenvalue weighted by atomic mass is 32.2. The summed E-state index contributed by atoms with van der Waals surface area (Å²) in [5.74, 6) is 0.197. The minimum Gasteiger partial charge on any atom is -0.493 e. The number of benzene rings is 1. The summed E-state index contributed by atoms with van der Waals surface area (Å²) in [4.78, 5) is 14.0. The van der Waals surface area contributed by atoms with E-state index in [2.05, 4.69) is 10.2 Å². The van der Waals surface area contributed by atoms with E-state index in [0.29, 0.717) is 41.8 Å². The zero-order valence-corrected chi connectivity index (χ0v) is 18.2. The van der Waals surface area contributed by atoms with E-state index < -0.39 is 26.7 Å². The van der Waals surface area contributed by atoms with Crippen molar-refractivity contribution in [3.8, 4) is 28.7 Å². The first kappa shape index (κ1) is 21.9. The van der Waals surface area contributed by atoms with Crippen molar-refractivity contribution >= 4 is 15.7 Å². The molecule has 10 nitrogen and oxygen atoms in total. The van der Waals surface area contributed by atoms with Crippen LogP contribution in [0, 0.1) is 5.92 Å². The molecular weight excluding hydrogens is 414 g/mol. The molecule has 1 aromatic carbocycles. The molecular formula is C19H25N3O7S. The Morgan fingerprint density at radius 3 is 2.40 bits per heavy atom. The Labute approximate surface area is 175 Å². The highest BCUT2D eigenvalue weighted by Crippen LogP contribution is 2.41. The highest BCUT2D eigenvalue weighted by molar-refractivity contribution is 7.91. The monoisotopic (exact) mass is 439 g/mol. The number of hydrogen-bond donors (Lipinski definition) is 0. The molecule has 1 fully saturated rings. The van der Waals surface area contributed by atoms with Crippen LogP contribution < -0.4 is 14.2 Å². The third kappa shape index (κ3) is 4.50. The van der Waals surface area contributed by atoms with Crippen LogP contribution in [0.15, 0.2) is 21.8 Å². The maximum atomic E-state index is 12.6. The molecule has 1 saturated heterocycles. The van der Waals surface area contributed by atoms with Crippen molar-refractivity contribution in [3.05, 3.63) is 12.1 Å². The van der Waals surface area contributed by atoms with Crippen LogP contribution in [-0.2, 0) is 14.6 Å². The van der Waals surface area contributed by atoms with E-state index in [9.17, 15) is 13.2 Å². The number of rotatable bonds is 7. The number of methoxy groups -OCH3 is 3. The van der Waals surface area contributed by atoms with Gasteiger partial charge in [-0.25, -0.2) is 8.42 Å². The van der Waals surface area contributed by atoms with E-state index in [1.54, 1.807) is 17.0 Å².